The van der Waals surface area contributed by atoms with E-state index in [1.54, 1.807) is 42.2 Å². The third-order valence-corrected chi connectivity index (χ3v) is 7.59. The molecule has 0 saturated carbocycles. The van der Waals surface area contributed by atoms with Gasteiger partial charge in [-0.05, 0) is 46.8 Å². The van der Waals surface area contributed by atoms with Gasteiger partial charge < -0.3 is 15.5 Å². The smallest absolute Gasteiger partial charge is 0.270 e. The Kier molecular flexibility index (Phi) is 7.19. The number of aryl methyl sites for hydroxylation is 1. The highest BCUT2D eigenvalue weighted by molar-refractivity contribution is 7.09. The molecule has 1 atom stereocenters. The van der Waals surface area contributed by atoms with Gasteiger partial charge in [0.25, 0.3) is 17.7 Å². The molecule has 0 saturated heterocycles. The number of aromatic amines is 1. The number of carbonyl (C=O) groups excluding carboxylic acids is 3. The number of rotatable bonds is 8. The van der Waals surface area contributed by atoms with E-state index in [-0.39, 0.29) is 29.7 Å². The number of tetrazole rings is 1. The lowest BCUT2D eigenvalue weighted by molar-refractivity contribution is -0.119. The minimum atomic E-state index is -0.985. The number of fused-ring (bicyclic) bond motifs is 1. The molecule has 3 amide bonds. The standard InChI is InChI=1S/C28H22FN9O3S/c1-15-9-16(4-7-20(15)29)12-30-26(39)21-11-22(32-14-31-21)27(40)33-24-19-6-5-17(25-34-36-37-35-25)10-23(19)38(28(24)41)13-18-3-2-8-42-18/h2-11,14,24H,12-13H2,1H3,(H,30,39)(H,33,40)(H,34,35,36,37)/t24-/m0/s1. The van der Waals surface area contributed by atoms with E-state index in [0.717, 1.165) is 11.2 Å². The molecule has 3 aromatic heterocycles. The van der Waals surface area contributed by atoms with E-state index < -0.39 is 17.9 Å². The second kappa shape index (κ2) is 11.2. The highest BCUT2D eigenvalue weighted by Crippen LogP contribution is 2.39. The van der Waals surface area contributed by atoms with E-state index in [0.29, 0.717) is 40.3 Å². The maximum atomic E-state index is 13.6. The molecule has 1 aliphatic rings. The van der Waals surface area contributed by atoms with Gasteiger partial charge >= 0.3 is 0 Å². The first-order valence-electron chi connectivity index (χ1n) is 12.7. The van der Waals surface area contributed by atoms with Crippen molar-refractivity contribution in [3.05, 3.63) is 105 Å². The molecular formula is C28H22FN9O3S. The van der Waals surface area contributed by atoms with Gasteiger partial charge in [-0.2, -0.15) is 5.21 Å². The minimum absolute atomic E-state index is 0.0313. The molecule has 3 N–H and O–H groups in total. The van der Waals surface area contributed by atoms with Crippen molar-refractivity contribution in [2.24, 2.45) is 0 Å². The van der Waals surface area contributed by atoms with Crippen molar-refractivity contribution in [3.8, 4) is 11.4 Å². The molecule has 6 rings (SSSR count). The van der Waals surface area contributed by atoms with Crippen molar-refractivity contribution in [1.29, 1.82) is 0 Å². The number of hydrogen-bond acceptors (Lipinski definition) is 9. The second-order valence-electron chi connectivity index (χ2n) is 9.47. The first kappa shape index (κ1) is 26.8. The summed E-state index contributed by atoms with van der Waals surface area (Å²) in [5.41, 5.74) is 2.92. The van der Waals surface area contributed by atoms with Crippen molar-refractivity contribution in [2.75, 3.05) is 4.90 Å². The molecule has 0 aliphatic carbocycles. The van der Waals surface area contributed by atoms with Gasteiger partial charge in [0.1, 0.15) is 29.6 Å². The summed E-state index contributed by atoms with van der Waals surface area (Å²) in [6.45, 7) is 2.10. The van der Waals surface area contributed by atoms with Crippen molar-refractivity contribution in [1.82, 2.24) is 41.2 Å². The molecule has 42 heavy (non-hydrogen) atoms. The molecule has 0 spiro atoms. The molecule has 12 nitrogen and oxygen atoms in total. The average molecular weight is 584 g/mol. The summed E-state index contributed by atoms with van der Waals surface area (Å²) in [6.07, 6.45) is 1.11. The molecule has 210 valence electrons. The van der Waals surface area contributed by atoms with E-state index in [1.165, 1.54) is 23.5 Å². The molecule has 14 heteroatoms. The zero-order valence-corrected chi connectivity index (χ0v) is 22.9. The normalized spacial score (nSPS) is 14.1. The molecule has 0 unspecified atom stereocenters. The van der Waals surface area contributed by atoms with Crippen molar-refractivity contribution >= 4 is 34.7 Å². The Balaban J connectivity index is 1.21. The fourth-order valence-corrected chi connectivity index (χ4v) is 5.31. The number of halogens is 1. The van der Waals surface area contributed by atoms with Crippen LogP contribution >= 0.6 is 11.3 Å². The summed E-state index contributed by atoms with van der Waals surface area (Å²) < 4.78 is 13.5. The summed E-state index contributed by atoms with van der Waals surface area (Å²) in [4.78, 5) is 50.2. The van der Waals surface area contributed by atoms with Crippen LogP contribution in [0.3, 0.4) is 0 Å². The molecule has 4 heterocycles. The van der Waals surface area contributed by atoms with Crippen LogP contribution in [0.1, 0.15) is 48.6 Å². The number of H-pyrrole nitrogens is 1. The van der Waals surface area contributed by atoms with Crippen molar-refractivity contribution in [2.45, 2.75) is 26.1 Å². The van der Waals surface area contributed by atoms with Crippen molar-refractivity contribution in [3.63, 3.8) is 0 Å². The van der Waals surface area contributed by atoms with E-state index in [4.69, 9.17) is 0 Å². The van der Waals surface area contributed by atoms with Gasteiger partial charge in [-0.25, -0.2) is 14.4 Å². The molecule has 5 aromatic rings. The zero-order chi connectivity index (χ0) is 29.2. The predicted octanol–water partition coefficient (Wildman–Crippen LogP) is 3.11. The van der Waals surface area contributed by atoms with Crippen molar-refractivity contribution < 1.29 is 18.8 Å². The molecular weight excluding hydrogens is 561 g/mol. The van der Waals surface area contributed by atoms with Crippen LogP contribution in [0, 0.1) is 12.7 Å². The average Bonchev–Trinajstić information content (AvgIpc) is 3.77. The van der Waals surface area contributed by atoms with Crippen LogP contribution in [0.25, 0.3) is 11.4 Å². The second-order valence-corrected chi connectivity index (χ2v) is 10.5. The molecule has 0 radical (unpaired) electrons. The summed E-state index contributed by atoms with van der Waals surface area (Å²) in [5.74, 6) is -1.47. The Morgan fingerprint density at radius 3 is 2.64 bits per heavy atom. The third-order valence-electron chi connectivity index (χ3n) is 6.73. The maximum Gasteiger partial charge on any atom is 0.270 e. The quantitative estimate of drug-likeness (QED) is 0.251. The number of thiophene rings is 1. The van der Waals surface area contributed by atoms with Crippen LogP contribution in [-0.4, -0.2) is 48.3 Å². The number of anilines is 1. The Bertz CT molecular complexity index is 1790. The van der Waals surface area contributed by atoms with Gasteiger partial charge in [0.2, 0.25) is 5.82 Å². The van der Waals surface area contributed by atoms with Crippen LogP contribution in [-0.2, 0) is 17.9 Å². The zero-order valence-electron chi connectivity index (χ0n) is 22.0. The number of nitrogens with one attached hydrogen (secondary N) is 3. The fourth-order valence-electron chi connectivity index (χ4n) is 4.61. The number of aromatic nitrogens is 6. The summed E-state index contributed by atoms with van der Waals surface area (Å²) in [7, 11) is 0. The van der Waals surface area contributed by atoms with Gasteiger partial charge in [0, 0.05) is 28.6 Å². The fraction of sp³-hybridized carbons (Fsp3) is 0.143. The summed E-state index contributed by atoms with van der Waals surface area (Å²) in [5, 5.41) is 21.5. The van der Waals surface area contributed by atoms with E-state index >= 15 is 0 Å². The van der Waals surface area contributed by atoms with Gasteiger partial charge in [-0.1, -0.05) is 30.3 Å². The van der Waals surface area contributed by atoms with Gasteiger partial charge in [0.15, 0.2) is 0 Å². The molecule has 0 fully saturated rings. The largest absolute Gasteiger partial charge is 0.347 e. The molecule has 0 bridgehead atoms. The van der Waals surface area contributed by atoms with E-state index in [9.17, 15) is 18.8 Å². The first-order valence-corrected chi connectivity index (χ1v) is 13.6. The third kappa shape index (κ3) is 5.34. The monoisotopic (exact) mass is 583 g/mol. The Hall–Kier alpha value is -5.37. The van der Waals surface area contributed by atoms with Crippen LogP contribution in [0.2, 0.25) is 0 Å². The van der Waals surface area contributed by atoms with Gasteiger partial charge in [-0.3, -0.25) is 14.4 Å². The number of hydrogen-bond donors (Lipinski definition) is 3. The Morgan fingerprint density at radius 1 is 1.07 bits per heavy atom. The number of nitrogens with zero attached hydrogens (tertiary/aromatic N) is 6. The highest BCUT2D eigenvalue weighted by Gasteiger charge is 2.39. The van der Waals surface area contributed by atoms with Crippen LogP contribution < -0.4 is 15.5 Å². The predicted molar refractivity (Wildman–Crippen MR) is 150 cm³/mol. The minimum Gasteiger partial charge on any atom is -0.347 e. The van der Waals surface area contributed by atoms with Gasteiger partial charge in [-0.15, -0.1) is 21.5 Å². The summed E-state index contributed by atoms with van der Waals surface area (Å²) >= 11 is 1.52. The maximum absolute atomic E-state index is 13.6. The van der Waals surface area contributed by atoms with E-state index in [2.05, 4.69) is 41.2 Å². The lowest BCUT2D eigenvalue weighted by atomic mass is 10.0. The van der Waals surface area contributed by atoms with Crippen LogP contribution in [0.4, 0.5) is 10.1 Å². The van der Waals surface area contributed by atoms with Crippen LogP contribution in [0.5, 0.6) is 0 Å². The lowest BCUT2D eigenvalue weighted by Gasteiger charge is -2.17. The highest BCUT2D eigenvalue weighted by atomic mass is 32.1. The first-order chi connectivity index (χ1) is 20.4. The Labute approximate surface area is 242 Å². The Morgan fingerprint density at radius 2 is 1.90 bits per heavy atom. The molecule has 1 aliphatic heterocycles. The number of benzene rings is 2. The SMILES string of the molecule is Cc1cc(CNC(=O)c2cc(C(=O)N[C@@H]3C(=O)N(Cc4cccs4)c4cc(-c5nn[nH]n5)ccc43)ncn2)ccc1F. The lowest BCUT2D eigenvalue weighted by Crippen LogP contribution is -2.37. The number of amides is 3. The number of carbonyl (C=O) groups is 3. The summed E-state index contributed by atoms with van der Waals surface area (Å²) in [6, 6.07) is 13.9. The van der Waals surface area contributed by atoms with Crippen LogP contribution in [0.15, 0.2) is 66.3 Å². The topological polar surface area (TPSA) is 159 Å². The van der Waals surface area contributed by atoms with Gasteiger partial charge in [0.05, 0.1) is 12.2 Å². The van der Waals surface area contributed by atoms with E-state index in [1.807, 2.05) is 17.5 Å². The molecule has 2 aromatic carbocycles.